The number of aromatic amines is 1. The van der Waals surface area contributed by atoms with E-state index in [0.717, 1.165) is 41.7 Å². The van der Waals surface area contributed by atoms with E-state index in [1.54, 1.807) is 6.07 Å². The van der Waals surface area contributed by atoms with Crippen LogP contribution in [0.2, 0.25) is 0 Å². The Morgan fingerprint density at radius 3 is 2.61 bits per heavy atom. The highest BCUT2D eigenvalue weighted by Gasteiger charge is 2.43. The summed E-state index contributed by atoms with van der Waals surface area (Å²) in [4.78, 5) is 15.3. The third-order valence-electron chi connectivity index (χ3n) is 6.38. The van der Waals surface area contributed by atoms with Crippen molar-refractivity contribution in [2.45, 2.75) is 45.8 Å². The van der Waals surface area contributed by atoms with Crippen molar-refractivity contribution in [2.24, 2.45) is 0 Å². The van der Waals surface area contributed by atoms with E-state index >= 15 is 0 Å². The summed E-state index contributed by atoms with van der Waals surface area (Å²) in [5, 5.41) is 18.2. The number of nitrogens with one attached hydrogen (secondary N) is 1. The summed E-state index contributed by atoms with van der Waals surface area (Å²) in [6, 6.07) is 11.8. The molecule has 3 aromatic rings. The maximum atomic E-state index is 13.4. The number of aromatic hydroxyl groups is 1. The first-order chi connectivity index (χ1) is 14.9. The quantitative estimate of drug-likeness (QED) is 0.658. The van der Waals surface area contributed by atoms with Gasteiger partial charge in [-0.25, -0.2) is 0 Å². The maximum absolute atomic E-state index is 13.4. The van der Waals surface area contributed by atoms with Crippen molar-refractivity contribution in [3.05, 3.63) is 69.9 Å². The summed E-state index contributed by atoms with van der Waals surface area (Å²) in [5.41, 5.74) is 6.75. The Morgan fingerprint density at radius 1 is 1.16 bits per heavy atom. The van der Waals surface area contributed by atoms with Crippen LogP contribution in [-0.2, 0) is 4.74 Å². The Bertz CT molecular complexity index is 1120. The molecule has 1 saturated heterocycles. The lowest BCUT2D eigenvalue weighted by molar-refractivity contribution is 0.0495. The fourth-order valence-corrected chi connectivity index (χ4v) is 4.93. The van der Waals surface area contributed by atoms with Crippen LogP contribution in [0.15, 0.2) is 36.4 Å². The SMILES string of the molecule is Cc1ccc(C2c3c(-c4c(C)cc(C)cc4O)n[nH]c3C(=O)N2CC2CCCO2)cc1. The molecule has 160 valence electrons. The molecule has 31 heavy (non-hydrogen) atoms. The van der Waals surface area contributed by atoms with Gasteiger partial charge in [0.15, 0.2) is 0 Å². The zero-order valence-electron chi connectivity index (χ0n) is 18.1. The van der Waals surface area contributed by atoms with Crippen molar-refractivity contribution in [3.8, 4) is 17.0 Å². The number of H-pyrrole nitrogens is 1. The molecule has 2 unspecified atom stereocenters. The molecule has 6 heteroatoms. The van der Waals surface area contributed by atoms with E-state index in [0.29, 0.717) is 23.5 Å². The second kappa shape index (κ2) is 7.54. The molecule has 0 bridgehead atoms. The van der Waals surface area contributed by atoms with Crippen LogP contribution in [0.4, 0.5) is 0 Å². The zero-order valence-corrected chi connectivity index (χ0v) is 18.1. The number of benzene rings is 2. The van der Waals surface area contributed by atoms with Gasteiger partial charge in [0.25, 0.3) is 5.91 Å². The molecule has 2 atom stereocenters. The molecule has 0 saturated carbocycles. The minimum Gasteiger partial charge on any atom is -0.507 e. The second-order valence-corrected chi connectivity index (χ2v) is 8.74. The van der Waals surface area contributed by atoms with Crippen molar-refractivity contribution < 1.29 is 14.6 Å². The monoisotopic (exact) mass is 417 g/mol. The van der Waals surface area contributed by atoms with Gasteiger partial charge in [0.1, 0.15) is 17.1 Å². The predicted octanol–water partition coefficient (Wildman–Crippen LogP) is 4.43. The second-order valence-electron chi connectivity index (χ2n) is 8.74. The van der Waals surface area contributed by atoms with Crippen molar-refractivity contribution in [1.29, 1.82) is 0 Å². The topological polar surface area (TPSA) is 78.5 Å². The molecule has 0 spiro atoms. The van der Waals surface area contributed by atoms with Crippen LogP contribution in [-0.4, -0.2) is 45.4 Å². The van der Waals surface area contributed by atoms with E-state index in [-0.39, 0.29) is 23.8 Å². The minimum absolute atomic E-state index is 0.0480. The molecule has 1 aromatic heterocycles. The Kier molecular flexibility index (Phi) is 4.82. The summed E-state index contributed by atoms with van der Waals surface area (Å²) < 4.78 is 5.85. The van der Waals surface area contributed by atoms with Gasteiger partial charge < -0.3 is 14.7 Å². The van der Waals surface area contributed by atoms with Crippen molar-refractivity contribution in [2.75, 3.05) is 13.2 Å². The summed E-state index contributed by atoms with van der Waals surface area (Å²) >= 11 is 0. The number of rotatable bonds is 4. The van der Waals surface area contributed by atoms with E-state index < -0.39 is 0 Å². The number of aromatic nitrogens is 2. The standard InChI is InChI=1S/C25H27N3O3/c1-14-6-8-17(9-7-14)24-21-22(20-16(3)11-15(2)12-19(20)29)26-27-23(21)25(30)28(24)13-18-5-4-10-31-18/h6-9,11-12,18,24,29H,4-5,10,13H2,1-3H3,(H,26,27). The molecule has 1 amide bonds. The highest BCUT2D eigenvalue weighted by Crippen LogP contribution is 2.45. The van der Waals surface area contributed by atoms with Crippen LogP contribution in [0.1, 0.15) is 57.2 Å². The van der Waals surface area contributed by atoms with Crippen LogP contribution >= 0.6 is 0 Å². The fraction of sp³-hybridized carbons (Fsp3) is 0.360. The van der Waals surface area contributed by atoms with Gasteiger partial charge in [-0.1, -0.05) is 35.9 Å². The van der Waals surface area contributed by atoms with Gasteiger partial charge in [-0.15, -0.1) is 0 Å². The average molecular weight is 418 g/mol. The number of phenols is 1. The van der Waals surface area contributed by atoms with E-state index in [2.05, 4.69) is 41.4 Å². The number of amides is 1. The smallest absolute Gasteiger partial charge is 0.273 e. The predicted molar refractivity (Wildman–Crippen MR) is 118 cm³/mol. The first kappa shape index (κ1) is 19.8. The summed E-state index contributed by atoms with van der Waals surface area (Å²) in [5.74, 6) is 0.110. The number of carbonyl (C=O) groups is 1. The molecular weight excluding hydrogens is 390 g/mol. The molecule has 0 radical (unpaired) electrons. The third-order valence-corrected chi connectivity index (χ3v) is 6.38. The van der Waals surface area contributed by atoms with Crippen molar-refractivity contribution in [3.63, 3.8) is 0 Å². The average Bonchev–Trinajstić information content (AvgIpc) is 3.43. The lowest BCUT2D eigenvalue weighted by Gasteiger charge is -2.28. The number of ether oxygens (including phenoxy) is 1. The number of hydrogen-bond acceptors (Lipinski definition) is 4. The number of carbonyl (C=O) groups excluding carboxylic acids is 1. The number of aryl methyl sites for hydroxylation is 3. The van der Waals surface area contributed by atoms with Crippen LogP contribution in [0.5, 0.6) is 5.75 Å². The lowest BCUT2D eigenvalue weighted by Crippen LogP contribution is -2.36. The summed E-state index contributed by atoms with van der Waals surface area (Å²) in [7, 11) is 0. The molecule has 1 fully saturated rings. The largest absolute Gasteiger partial charge is 0.507 e. The third kappa shape index (κ3) is 3.31. The van der Waals surface area contributed by atoms with E-state index in [1.807, 2.05) is 24.8 Å². The maximum Gasteiger partial charge on any atom is 0.273 e. The molecule has 0 aliphatic carbocycles. The van der Waals surface area contributed by atoms with Gasteiger partial charge in [0.05, 0.1) is 12.1 Å². The first-order valence-electron chi connectivity index (χ1n) is 10.8. The lowest BCUT2D eigenvalue weighted by atomic mass is 9.92. The molecule has 3 heterocycles. The van der Waals surface area contributed by atoms with Gasteiger partial charge in [-0.2, -0.15) is 5.10 Å². The Morgan fingerprint density at radius 2 is 1.94 bits per heavy atom. The van der Waals surface area contributed by atoms with E-state index in [4.69, 9.17) is 4.74 Å². The Labute approximate surface area is 181 Å². The molecule has 5 rings (SSSR count). The van der Waals surface area contributed by atoms with Gasteiger partial charge in [-0.05, 0) is 56.4 Å². The molecule has 2 N–H and O–H groups in total. The van der Waals surface area contributed by atoms with Crippen LogP contribution in [0, 0.1) is 20.8 Å². The number of phenolic OH excluding ortho intramolecular Hbond substituents is 1. The van der Waals surface area contributed by atoms with E-state index in [9.17, 15) is 9.90 Å². The molecule has 2 aliphatic heterocycles. The van der Waals surface area contributed by atoms with Gasteiger partial charge >= 0.3 is 0 Å². The highest BCUT2D eigenvalue weighted by atomic mass is 16.5. The van der Waals surface area contributed by atoms with Crippen molar-refractivity contribution >= 4 is 5.91 Å². The van der Waals surface area contributed by atoms with Crippen molar-refractivity contribution in [1.82, 2.24) is 15.1 Å². The number of fused-ring (bicyclic) bond motifs is 1. The minimum atomic E-state index is -0.277. The molecule has 2 aliphatic rings. The zero-order chi connectivity index (χ0) is 21.7. The van der Waals surface area contributed by atoms with E-state index in [1.165, 1.54) is 5.56 Å². The Balaban J connectivity index is 1.66. The van der Waals surface area contributed by atoms with Crippen LogP contribution in [0.25, 0.3) is 11.3 Å². The fourth-order valence-electron chi connectivity index (χ4n) is 4.93. The normalized spacial score (nSPS) is 20.5. The van der Waals surface area contributed by atoms with Crippen LogP contribution in [0.3, 0.4) is 0 Å². The van der Waals surface area contributed by atoms with Gasteiger partial charge in [0, 0.05) is 24.3 Å². The number of nitrogens with zero attached hydrogens (tertiary/aromatic N) is 2. The molecule has 6 nitrogen and oxygen atoms in total. The highest BCUT2D eigenvalue weighted by molar-refractivity contribution is 6.00. The van der Waals surface area contributed by atoms with Gasteiger partial charge in [-0.3, -0.25) is 9.89 Å². The first-order valence-corrected chi connectivity index (χ1v) is 10.8. The van der Waals surface area contributed by atoms with Crippen LogP contribution < -0.4 is 0 Å². The van der Waals surface area contributed by atoms with Gasteiger partial charge in [0.2, 0.25) is 0 Å². The number of hydrogen-bond donors (Lipinski definition) is 2. The summed E-state index contributed by atoms with van der Waals surface area (Å²) in [6.45, 7) is 7.25. The molecular formula is C25H27N3O3. The summed E-state index contributed by atoms with van der Waals surface area (Å²) in [6.07, 6.45) is 2.03. The Hall–Kier alpha value is -3.12. The molecule has 2 aromatic carbocycles.